The summed E-state index contributed by atoms with van der Waals surface area (Å²) < 4.78 is 5.43. The minimum absolute atomic E-state index is 0.383. The molecule has 0 amide bonds. The fraction of sp³-hybridized carbons (Fsp3) is 0.583. The highest BCUT2D eigenvalue weighted by Crippen LogP contribution is 2.15. The van der Waals surface area contributed by atoms with Gasteiger partial charge in [0, 0.05) is 24.5 Å². The molecule has 0 fully saturated rings. The first kappa shape index (κ1) is 15.1. The van der Waals surface area contributed by atoms with Crippen molar-refractivity contribution in [2.75, 3.05) is 40.4 Å². The molecule has 0 saturated carbocycles. The zero-order chi connectivity index (χ0) is 13.4. The number of hydrogen-bond acceptors (Lipinski definition) is 5. The molecule has 0 aromatic carbocycles. The van der Waals surface area contributed by atoms with E-state index in [0.717, 1.165) is 24.6 Å². The fourth-order valence-electron chi connectivity index (χ4n) is 1.29. The number of carboxylic acids is 1. The summed E-state index contributed by atoms with van der Waals surface area (Å²) in [6.45, 7) is 3.79. The summed E-state index contributed by atoms with van der Waals surface area (Å²) in [7, 11) is 4.02. The van der Waals surface area contributed by atoms with Gasteiger partial charge in [-0.05, 0) is 26.2 Å². The van der Waals surface area contributed by atoms with Crippen molar-refractivity contribution in [3.8, 4) is 0 Å². The summed E-state index contributed by atoms with van der Waals surface area (Å²) >= 11 is 1.30. The first-order chi connectivity index (χ1) is 8.59. The van der Waals surface area contributed by atoms with Crippen LogP contribution in [0.25, 0.3) is 0 Å². The van der Waals surface area contributed by atoms with E-state index >= 15 is 0 Å². The number of nitrogens with zero attached hydrogens (tertiary/aromatic N) is 1. The van der Waals surface area contributed by atoms with Crippen LogP contribution in [0, 0.1) is 0 Å². The van der Waals surface area contributed by atoms with Gasteiger partial charge in [0.2, 0.25) is 0 Å². The highest BCUT2D eigenvalue weighted by atomic mass is 32.1. The molecule has 2 N–H and O–H groups in total. The molecule has 1 rings (SSSR count). The number of likely N-dealkylation sites (N-methyl/N-ethyl adjacent to an activating group) is 1. The van der Waals surface area contributed by atoms with Crippen molar-refractivity contribution in [2.45, 2.75) is 6.54 Å². The van der Waals surface area contributed by atoms with E-state index < -0.39 is 5.97 Å². The fourth-order valence-corrected chi connectivity index (χ4v) is 2.11. The minimum atomic E-state index is -0.863. The van der Waals surface area contributed by atoms with Crippen LogP contribution in [0.4, 0.5) is 0 Å². The predicted molar refractivity (Wildman–Crippen MR) is 72.4 cm³/mol. The van der Waals surface area contributed by atoms with Gasteiger partial charge in [0.15, 0.2) is 0 Å². The number of carboxylic acid groups (broad SMARTS) is 1. The van der Waals surface area contributed by atoms with Gasteiger partial charge in [0.05, 0.1) is 13.2 Å². The second-order valence-corrected chi connectivity index (χ2v) is 5.33. The SMILES string of the molecule is CN(C)CCOCCNCc1ccc(C(=O)O)s1. The minimum Gasteiger partial charge on any atom is -0.477 e. The van der Waals surface area contributed by atoms with Crippen LogP contribution in [-0.2, 0) is 11.3 Å². The lowest BCUT2D eigenvalue weighted by atomic mass is 10.4. The lowest BCUT2D eigenvalue weighted by molar-refractivity contribution is 0.0702. The molecule has 0 spiro atoms. The molecular formula is C12H20N2O3S. The number of ether oxygens (including phenoxy) is 1. The first-order valence-electron chi connectivity index (χ1n) is 5.85. The molecule has 0 aliphatic carbocycles. The number of nitrogens with one attached hydrogen (secondary N) is 1. The van der Waals surface area contributed by atoms with E-state index in [4.69, 9.17) is 9.84 Å². The number of rotatable bonds is 9. The van der Waals surface area contributed by atoms with E-state index in [2.05, 4.69) is 10.2 Å². The van der Waals surface area contributed by atoms with Crippen molar-refractivity contribution in [3.63, 3.8) is 0 Å². The highest BCUT2D eigenvalue weighted by molar-refractivity contribution is 7.13. The Bertz CT molecular complexity index is 366. The van der Waals surface area contributed by atoms with Gasteiger partial charge in [-0.25, -0.2) is 4.79 Å². The van der Waals surface area contributed by atoms with Gasteiger partial charge in [-0.3, -0.25) is 0 Å². The van der Waals surface area contributed by atoms with Gasteiger partial charge in [-0.15, -0.1) is 11.3 Å². The van der Waals surface area contributed by atoms with E-state index in [1.807, 2.05) is 20.2 Å². The summed E-state index contributed by atoms with van der Waals surface area (Å²) in [5.41, 5.74) is 0. The second-order valence-electron chi connectivity index (χ2n) is 4.16. The van der Waals surface area contributed by atoms with Crippen LogP contribution >= 0.6 is 11.3 Å². The third-order valence-corrected chi connectivity index (χ3v) is 3.35. The van der Waals surface area contributed by atoms with Crippen LogP contribution in [0.15, 0.2) is 12.1 Å². The molecule has 0 bridgehead atoms. The molecule has 1 heterocycles. The van der Waals surface area contributed by atoms with E-state index in [1.165, 1.54) is 11.3 Å². The van der Waals surface area contributed by atoms with Gasteiger partial charge < -0.3 is 20.1 Å². The van der Waals surface area contributed by atoms with Gasteiger partial charge in [-0.1, -0.05) is 0 Å². The van der Waals surface area contributed by atoms with Crippen LogP contribution in [0.1, 0.15) is 14.5 Å². The number of thiophene rings is 1. The Morgan fingerprint density at radius 3 is 2.83 bits per heavy atom. The Labute approximate surface area is 111 Å². The van der Waals surface area contributed by atoms with Gasteiger partial charge in [0.1, 0.15) is 4.88 Å². The average Bonchev–Trinajstić information content (AvgIpc) is 2.76. The van der Waals surface area contributed by atoms with Crippen molar-refractivity contribution in [3.05, 3.63) is 21.9 Å². The molecule has 0 aliphatic rings. The Hall–Kier alpha value is -0.950. The smallest absolute Gasteiger partial charge is 0.345 e. The molecule has 0 radical (unpaired) electrons. The first-order valence-corrected chi connectivity index (χ1v) is 6.66. The topological polar surface area (TPSA) is 61.8 Å². The van der Waals surface area contributed by atoms with Crippen LogP contribution < -0.4 is 5.32 Å². The molecule has 5 nitrogen and oxygen atoms in total. The quantitative estimate of drug-likeness (QED) is 0.660. The lowest BCUT2D eigenvalue weighted by Gasteiger charge is -2.09. The Morgan fingerprint density at radius 1 is 1.44 bits per heavy atom. The summed E-state index contributed by atoms with van der Waals surface area (Å²) in [5, 5.41) is 12.0. The van der Waals surface area contributed by atoms with Crippen molar-refractivity contribution < 1.29 is 14.6 Å². The predicted octanol–water partition coefficient (Wildman–Crippen LogP) is 1.11. The maximum atomic E-state index is 10.7. The molecule has 1 aromatic rings. The second kappa shape index (κ2) is 8.20. The third-order valence-electron chi connectivity index (χ3n) is 2.28. The number of hydrogen-bond donors (Lipinski definition) is 2. The zero-order valence-electron chi connectivity index (χ0n) is 10.8. The maximum absolute atomic E-state index is 10.7. The van der Waals surface area contributed by atoms with Crippen LogP contribution in [-0.4, -0.2) is 56.4 Å². The van der Waals surface area contributed by atoms with E-state index in [9.17, 15) is 4.79 Å². The molecule has 0 aliphatic heterocycles. The van der Waals surface area contributed by atoms with Crippen molar-refractivity contribution >= 4 is 17.3 Å². The monoisotopic (exact) mass is 272 g/mol. The van der Waals surface area contributed by atoms with Crippen LogP contribution in [0.2, 0.25) is 0 Å². The van der Waals surface area contributed by atoms with Gasteiger partial charge in [0.25, 0.3) is 0 Å². The average molecular weight is 272 g/mol. The molecule has 0 unspecified atom stereocenters. The highest BCUT2D eigenvalue weighted by Gasteiger charge is 2.05. The normalized spacial score (nSPS) is 11.1. The summed E-state index contributed by atoms with van der Waals surface area (Å²) in [6.07, 6.45) is 0. The lowest BCUT2D eigenvalue weighted by Crippen LogP contribution is -2.22. The van der Waals surface area contributed by atoms with Crippen molar-refractivity contribution in [1.82, 2.24) is 10.2 Å². The van der Waals surface area contributed by atoms with E-state index in [-0.39, 0.29) is 0 Å². The van der Waals surface area contributed by atoms with Crippen LogP contribution in [0.5, 0.6) is 0 Å². The van der Waals surface area contributed by atoms with E-state index in [0.29, 0.717) is 18.0 Å². The Balaban J connectivity index is 2.05. The largest absolute Gasteiger partial charge is 0.477 e. The zero-order valence-corrected chi connectivity index (χ0v) is 11.6. The molecule has 0 saturated heterocycles. The summed E-state index contributed by atoms with van der Waals surface area (Å²) in [5.74, 6) is -0.863. The third kappa shape index (κ3) is 6.11. The molecule has 6 heteroatoms. The standard InChI is InChI=1S/C12H20N2O3S/c1-14(2)6-8-17-7-5-13-9-10-3-4-11(18-10)12(15)16/h3-4,13H,5-9H2,1-2H3,(H,15,16). The molecule has 18 heavy (non-hydrogen) atoms. The van der Waals surface area contributed by atoms with Crippen molar-refractivity contribution in [2.24, 2.45) is 0 Å². The number of carbonyl (C=O) groups is 1. The van der Waals surface area contributed by atoms with Gasteiger partial charge in [-0.2, -0.15) is 0 Å². The summed E-state index contributed by atoms with van der Waals surface area (Å²) in [4.78, 5) is 14.2. The summed E-state index contributed by atoms with van der Waals surface area (Å²) in [6, 6.07) is 3.48. The molecule has 102 valence electrons. The molecule has 0 atom stereocenters. The Morgan fingerprint density at radius 2 is 2.22 bits per heavy atom. The number of aromatic carboxylic acids is 1. The molecule has 1 aromatic heterocycles. The van der Waals surface area contributed by atoms with Gasteiger partial charge >= 0.3 is 5.97 Å². The van der Waals surface area contributed by atoms with E-state index in [1.54, 1.807) is 6.07 Å². The maximum Gasteiger partial charge on any atom is 0.345 e. The van der Waals surface area contributed by atoms with Crippen LogP contribution in [0.3, 0.4) is 0 Å². The van der Waals surface area contributed by atoms with Crippen molar-refractivity contribution in [1.29, 1.82) is 0 Å². The Kier molecular flexibility index (Phi) is 6.89. The molecular weight excluding hydrogens is 252 g/mol.